The van der Waals surface area contributed by atoms with Crippen LogP contribution in [0.5, 0.6) is 0 Å². The van der Waals surface area contributed by atoms with E-state index in [1.807, 2.05) is 0 Å². The molecular formula is C15H21N3O3. The molecule has 0 spiro atoms. The van der Waals surface area contributed by atoms with Gasteiger partial charge in [-0.15, -0.1) is 0 Å². The second-order valence-corrected chi connectivity index (χ2v) is 5.72. The molecule has 1 aromatic rings. The van der Waals surface area contributed by atoms with Gasteiger partial charge in [0.1, 0.15) is 0 Å². The summed E-state index contributed by atoms with van der Waals surface area (Å²) in [5.41, 5.74) is 6.78. The number of hydrogen-bond acceptors (Lipinski definition) is 4. The van der Waals surface area contributed by atoms with Crippen molar-refractivity contribution in [3.63, 3.8) is 0 Å². The fourth-order valence-corrected chi connectivity index (χ4v) is 2.82. The van der Waals surface area contributed by atoms with Crippen LogP contribution in [0.2, 0.25) is 0 Å². The number of nitrogens with two attached hydrogens (primary N) is 1. The lowest BCUT2D eigenvalue weighted by atomic mass is 9.82. The summed E-state index contributed by atoms with van der Waals surface area (Å²) in [6.45, 7) is 1.96. The number of nitrogens with one attached hydrogen (secondary N) is 1. The van der Waals surface area contributed by atoms with E-state index in [0.717, 1.165) is 24.8 Å². The van der Waals surface area contributed by atoms with Gasteiger partial charge in [-0.25, -0.2) is 0 Å². The average Bonchev–Trinajstić information content (AvgIpc) is 2.46. The van der Waals surface area contributed by atoms with Crippen molar-refractivity contribution in [2.75, 3.05) is 0 Å². The molecule has 0 radical (unpaired) electrons. The van der Waals surface area contributed by atoms with Crippen molar-refractivity contribution in [1.82, 2.24) is 5.32 Å². The number of nitro groups is 1. The van der Waals surface area contributed by atoms with Crippen molar-refractivity contribution in [1.29, 1.82) is 0 Å². The fraction of sp³-hybridized carbons (Fsp3) is 0.533. The van der Waals surface area contributed by atoms with Crippen LogP contribution in [0.25, 0.3) is 0 Å². The van der Waals surface area contributed by atoms with Gasteiger partial charge in [0.2, 0.25) is 5.91 Å². The summed E-state index contributed by atoms with van der Waals surface area (Å²) >= 11 is 0. The molecule has 0 saturated heterocycles. The molecule has 6 nitrogen and oxygen atoms in total. The second-order valence-electron chi connectivity index (χ2n) is 5.72. The molecule has 21 heavy (non-hydrogen) atoms. The van der Waals surface area contributed by atoms with E-state index in [9.17, 15) is 14.9 Å². The second kappa shape index (κ2) is 6.22. The minimum Gasteiger partial charge on any atom is -0.350 e. The van der Waals surface area contributed by atoms with Crippen LogP contribution in [0, 0.1) is 17.0 Å². The Hall–Kier alpha value is -1.95. The van der Waals surface area contributed by atoms with Crippen molar-refractivity contribution >= 4 is 11.6 Å². The van der Waals surface area contributed by atoms with Gasteiger partial charge in [0.25, 0.3) is 5.69 Å². The first kappa shape index (κ1) is 15.4. The average molecular weight is 291 g/mol. The minimum atomic E-state index is -0.785. The van der Waals surface area contributed by atoms with Crippen LogP contribution in [-0.2, 0) is 11.3 Å². The summed E-state index contributed by atoms with van der Waals surface area (Å²) in [5.74, 6) is -0.159. The Kier molecular flexibility index (Phi) is 4.57. The van der Waals surface area contributed by atoms with Gasteiger partial charge in [-0.3, -0.25) is 14.9 Å². The highest BCUT2D eigenvalue weighted by atomic mass is 16.6. The molecule has 1 aliphatic rings. The third-order valence-electron chi connectivity index (χ3n) is 4.25. The van der Waals surface area contributed by atoms with Crippen LogP contribution in [-0.4, -0.2) is 16.4 Å². The quantitative estimate of drug-likeness (QED) is 0.656. The number of carbonyl (C=O) groups excluding carboxylic acids is 1. The monoisotopic (exact) mass is 291 g/mol. The van der Waals surface area contributed by atoms with Crippen LogP contribution in [0.3, 0.4) is 0 Å². The first-order valence-corrected chi connectivity index (χ1v) is 7.24. The molecule has 0 aromatic heterocycles. The Bertz CT molecular complexity index is 551. The van der Waals surface area contributed by atoms with E-state index in [2.05, 4.69) is 5.32 Å². The number of amides is 1. The van der Waals surface area contributed by atoms with E-state index in [-0.39, 0.29) is 18.1 Å². The topological polar surface area (TPSA) is 98.3 Å². The number of benzene rings is 1. The first-order valence-electron chi connectivity index (χ1n) is 7.24. The maximum atomic E-state index is 12.3. The van der Waals surface area contributed by atoms with E-state index in [1.165, 1.54) is 6.07 Å². The molecule has 1 saturated carbocycles. The third-order valence-corrected chi connectivity index (χ3v) is 4.25. The van der Waals surface area contributed by atoms with Crippen molar-refractivity contribution < 1.29 is 9.72 Å². The highest BCUT2D eigenvalue weighted by Crippen LogP contribution is 2.26. The van der Waals surface area contributed by atoms with E-state index in [0.29, 0.717) is 18.4 Å². The molecule has 6 heteroatoms. The Labute approximate surface area is 123 Å². The van der Waals surface area contributed by atoms with E-state index in [1.54, 1.807) is 19.1 Å². The van der Waals surface area contributed by atoms with Crippen LogP contribution in [0.15, 0.2) is 18.2 Å². The zero-order valence-corrected chi connectivity index (χ0v) is 12.2. The molecule has 0 aliphatic heterocycles. The molecule has 114 valence electrons. The number of nitrogens with zero attached hydrogens (tertiary/aromatic N) is 1. The normalized spacial score (nSPS) is 17.2. The summed E-state index contributed by atoms with van der Waals surface area (Å²) in [7, 11) is 0. The lowest BCUT2D eigenvalue weighted by Crippen LogP contribution is -2.54. The summed E-state index contributed by atoms with van der Waals surface area (Å²) in [6, 6.07) is 4.88. The maximum Gasteiger partial charge on any atom is 0.272 e. The van der Waals surface area contributed by atoms with Gasteiger partial charge >= 0.3 is 0 Å². The highest BCUT2D eigenvalue weighted by molar-refractivity contribution is 5.86. The molecule has 0 bridgehead atoms. The highest BCUT2D eigenvalue weighted by Gasteiger charge is 2.35. The number of hydrogen-bond donors (Lipinski definition) is 2. The van der Waals surface area contributed by atoms with Crippen molar-refractivity contribution in [3.8, 4) is 0 Å². The Morgan fingerprint density at radius 3 is 2.67 bits per heavy atom. The number of nitro benzene ring substituents is 1. The standard InChI is InChI=1S/C15H21N3O3/c1-11-12(6-5-7-13(11)18(20)21)10-17-14(19)15(16)8-3-2-4-9-15/h5-7H,2-4,8-10,16H2,1H3,(H,17,19). The van der Waals surface area contributed by atoms with Gasteiger partial charge in [-0.1, -0.05) is 31.4 Å². The summed E-state index contributed by atoms with van der Waals surface area (Å²) in [5, 5.41) is 13.7. The van der Waals surface area contributed by atoms with Gasteiger partial charge in [-0.05, 0) is 25.3 Å². The molecule has 1 amide bonds. The van der Waals surface area contributed by atoms with Crippen molar-refractivity contribution in [3.05, 3.63) is 39.4 Å². The molecule has 0 atom stereocenters. The van der Waals surface area contributed by atoms with E-state index in [4.69, 9.17) is 5.73 Å². The maximum absolute atomic E-state index is 12.3. The molecular weight excluding hydrogens is 270 g/mol. The summed E-state index contributed by atoms with van der Waals surface area (Å²) in [6.07, 6.45) is 4.47. The lowest BCUT2D eigenvalue weighted by molar-refractivity contribution is -0.385. The van der Waals surface area contributed by atoms with Crippen molar-refractivity contribution in [2.45, 2.75) is 51.1 Å². The SMILES string of the molecule is Cc1c(CNC(=O)C2(N)CCCCC2)cccc1[N+](=O)[O-]. The van der Waals surface area contributed by atoms with Crippen LogP contribution >= 0.6 is 0 Å². The van der Waals surface area contributed by atoms with Gasteiger partial charge in [0, 0.05) is 18.2 Å². The van der Waals surface area contributed by atoms with Gasteiger partial charge in [-0.2, -0.15) is 0 Å². The van der Waals surface area contributed by atoms with E-state index >= 15 is 0 Å². The van der Waals surface area contributed by atoms with Crippen molar-refractivity contribution in [2.24, 2.45) is 5.73 Å². The fourth-order valence-electron chi connectivity index (χ4n) is 2.82. The summed E-state index contributed by atoms with van der Waals surface area (Å²) in [4.78, 5) is 22.8. The molecule has 1 aromatic carbocycles. The predicted molar refractivity (Wildman–Crippen MR) is 79.7 cm³/mol. The summed E-state index contributed by atoms with van der Waals surface area (Å²) < 4.78 is 0. The Morgan fingerprint density at radius 1 is 1.38 bits per heavy atom. The molecule has 1 aliphatic carbocycles. The zero-order chi connectivity index (χ0) is 15.5. The number of carbonyl (C=O) groups is 1. The zero-order valence-electron chi connectivity index (χ0n) is 12.2. The smallest absolute Gasteiger partial charge is 0.272 e. The molecule has 2 rings (SSSR count). The van der Waals surface area contributed by atoms with Gasteiger partial charge in [0.05, 0.1) is 10.5 Å². The molecule has 0 heterocycles. The predicted octanol–water partition coefficient (Wildman–Crippen LogP) is 2.18. The third kappa shape index (κ3) is 3.39. The Morgan fingerprint density at radius 2 is 2.05 bits per heavy atom. The molecule has 1 fully saturated rings. The van der Waals surface area contributed by atoms with Crippen LogP contribution in [0.1, 0.15) is 43.2 Å². The molecule has 0 unspecified atom stereocenters. The minimum absolute atomic E-state index is 0.0712. The lowest BCUT2D eigenvalue weighted by Gasteiger charge is -2.31. The Balaban J connectivity index is 2.04. The first-order chi connectivity index (χ1) is 9.94. The van der Waals surface area contributed by atoms with Gasteiger partial charge < -0.3 is 11.1 Å². The molecule has 3 N–H and O–H groups in total. The van der Waals surface area contributed by atoms with Gasteiger partial charge in [0.15, 0.2) is 0 Å². The van der Waals surface area contributed by atoms with E-state index < -0.39 is 10.5 Å². The van der Waals surface area contributed by atoms with Crippen LogP contribution in [0.4, 0.5) is 5.69 Å². The number of rotatable bonds is 4. The van der Waals surface area contributed by atoms with Crippen LogP contribution < -0.4 is 11.1 Å². The largest absolute Gasteiger partial charge is 0.350 e.